The molecule has 1 fully saturated rings. The number of rotatable bonds is 11. The van der Waals surface area contributed by atoms with Gasteiger partial charge in [-0.05, 0) is 78.4 Å². The van der Waals surface area contributed by atoms with Crippen LogP contribution in [0.15, 0.2) is 78.2 Å². The molecule has 230 valence electrons. The van der Waals surface area contributed by atoms with Crippen LogP contribution in [0.1, 0.15) is 65.9 Å². The van der Waals surface area contributed by atoms with E-state index in [0.29, 0.717) is 34.4 Å². The predicted octanol–water partition coefficient (Wildman–Crippen LogP) is 8.30. The lowest BCUT2D eigenvalue weighted by Gasteiger charge is -2.25. The molecule has 0 unspecified atom stereocenters. The van der Waals surface area contributed by atoms with Gasteiger partial charge in [0.2, 0.25) is 0 Å². The normalized spacial score (nSPS) is 13.8. The number of thiazole rings is 1. The molecule has 4 aromatic rings. The third-order valence-electron chi connectivity index (χ3n) is 7.57. The van der Waals surface area contributed by atoms with E-state index in [4.69, 9.17) is 10.1 Å². The van der Waals surface area contributed by atoms with Crippen molar-refractivity contribution in [3.05, 3.63) is 94.9 Å². The van der Waals surface area contributed by atoms with Gasteiger partial charge in [-0.1, -0.05) is 43.5 Å². The van der Waals surface area contributed by atoms with E-state index in [2.05, 4.69) is 39.2 Å². The van der Waals surface area contributed by atoms with Crippen molar-refractivity contribution in [2.45, 2.75) is 57.3 Å². The lowest BCUT2D eigenvalue weighted by atomic mass is 9.84. The van der Waals surface area contributed by atoms with Gasteiger partial charge in [-0.25, -0.2) is 4.98 Å². The Morgan fingerprint density at radius 1 is 0.955 bits per heavy atom. The quantitative estimate of drug-likeness (QED) is 0.175. The molecule has 1 aromatic heterocycles. The molecule has 0 spiro atoms. The Kier molecular flexibility index (Phi) is 9.84. The van der Waals surface area contributed by atoms with Gasteiger partial charge in [0.1, 0.15) is 5.75 Å². The van der Waals surface area contributed by atoms with Crippen LogP contribution in [-0.2, 0) is 11.3 Å². The van der Waals surface area contributed by atoms with Crippen LogP contribution in [0.3, 0.4) is 0 Å². The van der Waals surface area contributed by atoms with Crippen molar-refractivity contribution in [1.82, 2.24) is 10.3 Å². The number of nitrogens with zero attached hydrogens (tertiary/aromatic N) is 2. The summed E-state index contributed by atoms with van der Waals surface area (Å²) in [6.07, 6.45) is 1.26. The van der Waals surface area contributed by atoms with Crippen LogP contribution in [0.2, 0.25) is 0 Å². The Balaban J connectivity index is 1.37. The summed E-state index contributed by atoms with van der Waals surface area (Å²) in [5.74, 6) is -1.05. The number of hydrogen-bond donors (Lipinski definition) is 2. The summed E-state index contributed by atoms with van der Waals surface area (Å²) in [5, 5.41) is 14.0. The molecular weight excluding hydrogens is 591 g/mol. The van der Waals surface area contributed by atoms with Crippen molar-refractivity contribution in [2.75, 3.05) is 11.4 Å². The molecule has 0 radical (unpaired) electrons. The van der Waals surface area contributed by atoms with Crippen LogP contribution >= 0.6 is 11.3 Å². The fraction of sp³-hybridized carbons (Fsp3) is 0.303. The van der Waals surface area contributed by atoms with Crippen LogP contribution in [0.4, 0.5) is 24.0 Å². The van der Waals surface area contributed by atoms with Crippen LogP contribution in [0, 0.1) is 0 Å². The zero-order chi connectivity index (χ0) is 31.1. The van der Waals surface area contributed by atoms with Gasteiger partial charge in [0.15, 0.2) is 5.13 Å². The lowest BCUT2D eigenvalue weighted by molar-refractivity contribution is -0.274. The lowest BCUT2D eigenvalue weighted by Crippen LogP contribution is -2.26. The van der Waals surface area contributed by atoms with Crippen LogP contribution in [0.5, 0.6) is 5.75 Å². The fourth-order valence-electron chi connectivity index (χ4n) is 5.31. The largest absolute Gasteiger partial charge is 0.573 e. The first kappa shape index (κ1) is 31.1. The second kappa shape index (κ2) is 13.9. The highest BCUT2D eigenvalue weighted by Gasteiger charge is 2.31. The van der Waals surface area contributed by atoms with E-state index >= 15 is 0 Å². The molecule has 5 rings (SSSR count). The number of carbonyl (C=O) groups is 2. The Morgan fingerprint density at radius 3 is 2.27 bits per heavy atom. The number of benzene rings is 3. The predicted molar refractivity (Wildman–Crippen MR) is 163 cm³/mol. The van der Waals surface area contributed by atoms with Crippen molar-refractivity contribution >= 4 is 34.0 Å². The summed E-state index contributed by atoms with van der Waals surface area (Å²) < 4.78 is 41.8. The summed E-state index contributed by atoms with van der Waals surface area (Å²) in [6, 6.07) is 21.3. The molecular formula is C33H32F3N3O4S. The second-order valence-electron chi connectivity index (χ2n) is 10.7. The summed E-state index contributed by atoms with van der Waals surface area (Å²) >= 11 is 1.42. The molecule has 0 bridgehead atoms. The van der Waals surface area contributed by atoms with E-state index in [1.165, 1.54) is 61.1 Å². The van der Waals surface area contributed by atoms with Crippen molar-refractivity contribution in [1.29, 1.82) is 0 Å². The van der Waals surface area contributed by atoms with Crippen molar-refractivity contribution in [2.24, 2.45) is 0 Å². The van der Waals surface area contributed by atoms with Crippen molar-refractivity contribution in [3.63, 3.8) is 0 Å². The van der Waals surface area contributed by atoms with Crippen LogP contribution in [-0.4, -0.2) is 34.9 Å². The number of halogens is 3. The van der Waals surface area contributed by atoms with E-state index < -0.39 is 12.3 Å². The first-order chi connectivity index (χ1) is 21.1. The SMILES string of the molecule is O=C(O)CCNC(=O)c1ccc(CN(c2ccc(C3CCCCC3)cc2)c2nc(-c3ccc(OC(F)(F)F)cc3)cs2)cc1. The van der Waals surface area contributed by atoms with Gasteiger partial charge >= 0.3 is 12.3 Å². The van der Waals surface area contributed by atoms with Gasteiger partial charge in [-0.15, -0.1) is 24.5 Å². The number of nitrogens with one attached hydrogen (secondary N) is 1. The molecule has 7 nitrogen and oxygen atoms in total. The van der Waals surface area contributed by atoms with Crippen LogP contribution in [0.25, 0.3) is 11.3 Å². The maximum Gasteiger partial charge on any atom is 0.573 e. The minimum atomic E-state index is -4.76. The standard InChI is InChI=1S/C33H32F3N3O4S/c34-33(35,36)43-28-16-12-25(13-17-28)29-21-44-32(38-29)39(27-14-10-24(11-15-27)23-4-2-1-3-5-23)20-22-6-8-26(9-7-22)31(42)37-19-18-30(40)41/h6-17,21,23H,1-5,18-20H2,(H,37,42)(H,40,41). The highest BCUT2D eigenvalue weighted by atomic mass is 32.1. The molecule has 1 aliphatic carbocycles. The summed E-state index contributed by atoms with van der Waals surface area (Å²) in [5.41, 5.74) is 4.90. The number of aliphatic carboxylic acids is 1. The number of carbonyl (C=O) groups excluding carboxylic acids is 1. The highest BCUT2D eigenvalue weighted by Crippen LogP contribution is 2.37. The molecule has 0 atom stereocenters. The van der Waals surface area contributed by atoms with Gasteiger partial charge < -0.3 is 20.1 Å². The molecule has 1 saturated carbocycles. The zero-order valence-corrected chi connectivity index (χ0v) is 24.7. The highest BCUT2D eigenvalue weighted by molar-refractivity contribution is 7.14. The van der Waals surface area contributed by atoms with Gasteiger partial charge in [0.05, 0.1) is 18.7 Å². The number of alkyl halides is 3. The first-order valence-electron chi connectivity index (χ1n) is 14.4. The summed E-state index contributed by atoms with van der Waals surface area (Å²) in [7, 11) is 0. The zero-order valence-electron chi connectivity index (χ0n) is 23.8. The first-order valence-corrected chi connectivity index (χ1v) is 15.3. The number of amides is 1. The smallest absolute Gasteiger partial charge is 0.481 e. The third kappa shape index (κ3) is 8.37. The fourth-order valence-corrected chi connectivity index (χ4v) is 6.16. The Hall–Kier alpha value is -4.38. The minimum Gasteiger partial charge on any atom is -0.481 e. The number of carboxylic acids is 1. The Bertz CT molecular complexity index is 1550. The Labute approximate surface area is 257 Å². The van der Waals surface area contributed by atoms with Gasteiger partial charge in [-0.2, -0.15) is 0 Å². The Morgan fingerprint density at radius 2 is 1.64 bits per heavy atom. The maximum atomic E-state index is 12.6. The van der Waals surface area contributed by atoms with E-state index in [0.717, 1.165) is 11.3 Å². The number of hydrogen-bond acceptors (Lipinski definition) is 6. The number of anilines is 2. The summed E-state index contributed by atoms with van der Waals surface area (Å²) in [4.78, 5) is 30.0. The van der Waals surface area contributed by atoms with Gasteiger partial charge in [0.25, 0.3) is 5.91 Å². The van der Waals surface area contributed by atoms with E-state index in [1.54, 1.807) is 24.3 Å². The van der Waals surface area contributed by atoms with E-state index in [-0.39, 0.29) is 24.6 Å². The molecule has 44 heavy (non-hydrogen) atoms. The topological polar surface area (TPSA) is 91.8 Å². The van der Waals surface area contributed by atoms with Crippen LogP contribution < -0.4 is 15.0 Å². The van der Waals surface area contributed by atoms with Gasteiger partial charge in [-0.3, -0.25) is 9.59 Å². The average molecular weight is 624 g/mol. The average Bonchev–Trinajstić information content (AvgIpc) is 3.50. The van der Waals surface area contributed by atoms with Gasteiger partial charge in [0, 0.05) is 28.7 Å². The maximum absolute atomic E-state index is 12.6. The molecule has 1 aliphatic rings. The molecule has 0 saturated heterocycles. The van der Waals surface area contributed by atoms with Crippen molar-refractivity contribution in [3.8, 4) is 17.0 Å². The van der Waals surface area contributed by atoms with Crippen molar-refractivity contribution < 1.29 is 32.6 Å². The molecule has 3 aromatic carbocycles. The van der Waals surface area contributed by atoms with E-state index in [1.807, 2.05) is 17.5 Å². The number of carboxylic acid groups (broad SMARTS) is 1. The van der Waals surface area contributed by atoms with E-state index in [9.17, 15) is 22.8 Å². The minimum absolute atomic E-state index is 0.0466. The molecule has 1 heterocycles. The second-order valence-corrected chi connectivity index (χ2v) is 11.5. The number of ether oxygens (including phenoxy) is 1. The molecule has 0 aliphatic heterocycles. The molecule has 2 N–H and O–H groups in total. The third-order valence-corrected chi connectivity index (χ3v) is 8.43. The summed E-state index contributed by atoms with van der Waals surface area (Å²) in [6.45, 7) is 0.500. The molecule has 1 amide bonds. The molecule has 11 heteroatoms. The number of aromatic nitrogens is 1. The monoisotopic (exact) mass is 623 g/mol.